The zero-order valence-electron chi connectivity index (χ0n) is 18.9. The average Bonchev–Trinajstić information content (AvgIpc) is 3.33. The number of nitrogens with zero attached hydrogens (tertiary/aromatic N) is 1. The highest BCUT2D eigenvalue weighted by Gasteiger charge is 2.22. The topological polar surface area (TPSA) is 75.8 Å². The molecule has 1 atom stereocenters. The smallest absolute Gasteiger partial charge is 0.253 e. The van der Waals surface area contributed by atoms with Gasteiger partial charge in [-0.15, -0.1) is 0 Å². The lowest BCUT2D eigenvalue weighted by atomic mass is 10.1. The van der Waals surface area contributed by atoms with Gasteiger partial charge in [0.15, 0.2) is 5.11 Å². The fourth-order valence-corrected chi connectivity index (χ4v) is 4.20. The number of benzene rings is 2. The van der Waals surface area contributed by atoms with Gasteiger partial charge >= 0.3 is 0 Å². The van der Waals surface area contributed by atoms with Gasteiger partial charge < -0.3 is 29.4 Å². The number of rotatable bonds is 8. The average molecular weight is 468 g/mol. The van der Waals surface area contributed by atoms with Gasteiger partial charge in [0.2, 0.25) is 0 Å². The summed E-state index contributed by atoms with van der Waals surface area (Å²) >= 11 is 5.74. The number of ether oxygens (including phenoxy) is 3. The first-order valence-electron chi connectivity index (χ1n) is 11.2. The molecule has 1 saturated heterocycles. The molecule has 1 aliphatic rings. The van der Waals surface area contributed by atoms with Crippen molar-refractivity contribution in [2.75, 3.05) is 32.2 Å². The Balaban J connectivity index is 1.58. The van der Waals surface area contributed by atoms with Crippen LogP contribution in [0, 0.1) is 0 Å². The third kappa shape index (κ3) is 5.83. The molecule has 1 aliphatic heterocycles. The minimum absolute atomic E-state index is 0.0877. The molecule has 7 nitrogen and oxygen atoms in total. The number of fused-ring (bicyclic) bond motifs is 1. The Kier molecular flexibility index (Phi) is 7.47. The van der Waals surface area contributed by atoms with Gasteiger partial charge in [-0.2, -0.15) is 0 Å². The SMILES string of the molecule is CCOc1ccc2[nH]c(=O)c(CN(C[C@H]3CCCO3)C(=S)Nc3ccc(OC)cc3)cc2c1. The highest BCUT2D eigenvalue weighted by atomic mass is 32.1. The van der Waals surface area contributed by atoms with Gasteiger partial charge in [-0.05, 0) is 80.5 Å². The third-order valence-electron chi connectivity index (χ3n) is 5.64. The molecule has 8 heteroatoms. The highest BCUT2D eigenvalue weighted by molar-refractivity contribution is 7.80. The molecule has 0 saturated carbocycles. The van der Waals surface area contributed by atoms with Crippen molar-refractivity contribution in [3.63, 3.8) is 0 Å². The van der Waals surface area contributed by atoms with E-state index in [0.29, 0.717) is 30.4 Å². The first-order chi connectivity index (χ1) is 16.1. The Morgan fingerprint density at radius 1 is 1.21 bits per heavy atom. The highest BCUT2D eigenvalue weighted by Crippen LogP contribution is 2.21. The number of nitrogens with one attached hydrogen (secondary N) is 2. The summed E-state index contributed by atoms with van der Waals surface area (Å²) in [6, 6.07) is 15.1. The lowest BCUT2D eigenvalue weighted by Crippen LogP contribution is -2.40. The molecule has 174 valence electrons. The van der Waals surface area contributed by atoms with E-state index in [0.717, 1.165) is 47.5 Å². The fraction of sp³-hybridized carbons (Fsp3) is 0.360. The van der Waals surface area contributed by atoms with Crippen molar-refractivity contribution in [1.82, 2.24) is 9.88 Å². The molecule has 0 amide bonds. The fourth-order valence-electron chi connectivity index (χ4n) is 3.94. The molecule has 4 rings (SSSR count). The van der Waals surface area contributed by atoms with Crippen LogP contribution in [0.1, 0.15) is 25.3 Å². The number of aromatic nitrogens is 1. The Bertz CT molecular complexity index is 1160. The molecule has 0 spiro atoms. The van der Waals surface area contributed by atoms with Crippen molar-refractivity contribution < 1.29 is 14.2 Å². The lowest BCUT2D eigenvalue weighted by Gasteiger charge is -2.28. The largest absolute Gasteiger partial charge is 0.497 e. The standard InChI is InChI=1S/C25H29N3O4S/c1-3-31-21-10-11-23-17(14-21)13-18(24(29)27-23)15-28(16-22-5-4-12-32-22)25(33)26-19-6-8-20(30-2)9-7-19/h6-11,13-14,22H,3-5,12,15-16H2,1-2H3,(H,26,33)(H,27,29)/t22-/m1/s1. The summed E-state index contributed by atoms with van der Waals surface area (Å²) in [5, 5.41) is 4.74. The maximum Gasteiger partial charge on any atom is 0.253 e. The van der Waals surface area contributed by atoms with Crippen molar-refractivity contribution in [3.8, 4) is 11.5 Å². The van der Waals surface area contributed by atoms with E-state index in [2.05, 4.69) is 10.3 Å². The quantitative estimate of drug-likeness (QED) is 0.478. The number of H-pyrrole nitrogens is 1. The summed E-state index contributed by atoms with van der Waals surface area (Å²) in [4.78, 5) is 17.8. The molecule has 2 aromatic carbocycles. The van der Waals surface area contributed by atoms with Crippen molar-refractivity contribution in [3.05, 3.63) is 64.4 Å². The summed E-state index contributed by atoms with van der Waals surface area (Å²) in [6.07, 6.45) is 2.10. The summed E-state index contributed by atoms with van der Waals surface area (Å²) in [5.74, 6) is 1.55. The Hall–Kier alpha value is -3.10. The molecular weight excluding hydrogens is 438 g/mol. The zero-order chi connectivity index (χ0) is 23.2. The van der Waals surface area contributed by atoms with Gasteiger partial charge in [0.1, 0.15) is 11.5 Å². The number of hydrogen-bond acceptors (Lipinski definition) is 5. The third-order valence-corrected chi connectivity index (χ3v) is 6.00. The molecule has 33 heavy (non-hydrogen) atoms. The number of pyridine rings is 1. The maximum absolute atomic E-state index is 12.8. The number of anilines is 1. The number of methoxy groups -OCH3 is 1. The van der Waals surface area contributed by atoms with Crippen LogP contribution in [-0.2, 0) is 11.3 Å². The van der Waals surface area contributed by atoms with Gasteiger partial charge in [-0.25, -0.2) is 0 Å². The molecule has 2 N–H and O–H groups in total. The lowest BCUT2D eigenvalue weighted by molar-refractivity contribution is 0.0904. The summed E-state index contributed by atoms with van der Waals surface area (Å²) in [7, 11) is 1.63. The van der Waals surface area contributed by atoms with E-state index in [1.165, 1.54) is 0 Å². The minimum atomic E-state index is -0.128. The molecule has 0 radical (unpaired) electrons. The Morgan fingerprint density at radius 3 is 2.70 bits per heavy atom. The van der Waals surface area contributed by atoms with Crippen LogP contribution in [0.15, 0.2) is 53.3 Å². The van der Waals surface area contributed by atoms with Gasteiger partial charge in [0.05, 0.1) is 26.4 Å². The first kappa shape index (κ1) is 23.1. The molecule has 0 bridgehead atoms. The number of aromatic amines is 1. The number of thiocarbonyl (C=S) groups is 1. The van der Waals surface area contributed by atoms with Gasteiger partial charge in [0, 0.05) is 35.3 Å². The van der Waals surface area contributed by atoms with E-state index >= 15 is 0 Å². The van der Waals surface area contributed by atoms with Crippen LogP contribution in [0.2, 0.25) is 0 Å². The van der Waals surface area contributed by atoms with Crippen molar-refractivity contribution in [2.24, 2.45) is 0 Å². The zero-order valence-corrected chi connectivity index (χ0v) is 19.7. The van der Waals surface area contributed by atoms with Crippen LogP contribution in [0.25, 0.3) is 10.9 Å². The number of hydrogen-bond donors (Lipinski definition) is 2. The van der Waals surface area contributed by atoms with Crippen LogP contribution in [0.3, 0.4) is 0 Å². The minimum Gasteiger partial charge on any atom is -0.497 e. The van der Waals surface area contributed by atoms with Crippen molar-refractivity contribution >= 4 is 33.9 Å². The Morgan fingerprint density at radius 2 is 2.00 bits per heavy atom. The second-order valence-corrected chi connectivity index (χ2v) is 8.37. The van der Waals surface area contributed by atoms with Crippen molar-refractivity contribution in [1.29, 1.82) is 0 Å². The van der Waals surface area contributed by atoms with Crippen LogP contribution in [0.5, 0.6) is 11.5 Å². The Labute approximate surface area is 198 Å². The van der Waals surface area contributed by atoms with Crippen LogP contribution >= 0.6 is 12.2 Å². The summed E-state index contributed by atoms with van der Waals surface area (Å²) < 4.78 is 16.7. The summed E-state index contributed by atoms with van der Waals surface area (Å²) in [6.45, 7) is 4.27. The van der Waals surface area contributed by atoms with Crippen LogP contribution in [-0.4, -0.2) is 48.0 Å². The van der Waals surface area contributed by atoms with Crippen LogP contribution in [0.4, 0.5) is 5.69 Å². The molecule has 0 aliphatic carbocycles. The predicted molar refractivity (Wildman–Crippen MR) is 134 cm³/mol. The molecular formula is C25H29N3O4S. The second-order valence-electron chi connectivity index (χ2n) is 7.98. The molecule has 0 unspecified atom stereocenters. The predicted octanol–water partition coefficient (Wildman–Crippen LogP) is 4.31. The molecule has 1 aromatic heterocycles. The molecule has 1 fully saturated rings. The van der Waals surface area contributed by atoms with Gasteiger partial charge in [-0.3, -0.25) is 4.79 Å². The van der Waals surface area contributed by atoms with E-state index in [4.69, 9.17) is 26.4 Å². The first-order valence-corrected chi connectivity index (χ1v) is 11.6. The van der Waals surface area contributed by atoms with E-state index in [1.54, 1.807) is 7.11 Å². The van der Waals surface area contributed by atoms with Crippen molar-refractivity contribution in [2.45, 2.75) is 32.4 Å². The molecule has 3 aromatic rings. The van der Waals surface area contributed by atoms with Gasteiger partial charge in [0.25, 0.3) is 5.56 Å². The normalized spacial score (nSPS) is 15.4. The van der Waals surface area contributed by atoms with E-state index in [-0.39, 0.29) is 11.7 Å². The van der Waals surface area contributed by atoms with Crippen LogP contribution < -0.4 is 20.3 Å². The van der Waals surface area contributed by atoms with E-state index in [1.807, 2.05) is 60.4 Å². The van der Waals surface area contributed by atoms with E-state index in [9.17, 15) is 4.79 Å². The molecule has 2 heterocycles. The summed E-state index contributed by atoms with van der Waals surface area (Å²) in [5.41, 5.74) is 2.13. The van der Waals surface area contributed by atoms with E-state index < -0.39 is 0 Å². The second kappa shape index (κ2) is 10.7. The van der Waals surface area contributed by atoms with Gasteiger partial charge in [-0.1, -0.05) is 0 Å². The maximum atomic E-state index is 12.8. The monoisotopic (exact) mass is 467 g/mol.